The molecular formula is C30H25N3O3S2. The van der Waals surface area contributed by atoms with E-state index in [1.165, 1.54) is 38.5 Å². The molecule has 8 heteroatoms. The van der Waals surface area contributed by atoms with Crippen LogP contribution >= 0.6 is 11.3 Å². The maximum absolute atomic E-state index is 13.4. The molecule has 1 heterocycles. The van der Waals surface area contributed by atoms with Gasteiger partial charge in [0.1, 0.15) is 0 Å². The van der Waals surface area contributed by atoms with Crippen molar-refractivity contribution in [1.82, 2.24) is 9.29 Å². The zero-order valence-electron chi connectivity index (χ0n) is 20.9. The number of amides is 1. The Morgan fingerprint density at radius 2 is 1.58 bits per heavy atom. The van der Waals surface area contributed by atoms with Gasteiger partial charge in [0.15, 0.2) is 5.13 Å². The van der Waals surface area contributed by atoms with Gasteiger partial charge in [-0.15, -0.1) is 0 Å². The average molecular weight is 540 g/mol. The Hall–Kier alpha value is -3.85. The molecule has 4 aromatic carbocycles. The zero-order valence-corrected chi connectivity index (χ0v) is 22.5. The molecular weight excluding hydrogens is 514 g/mol. The van der Waals surface area contributed by atoms with Crippen molar-refractivity contribution in [3.63, 3.8) is 0 Å². The van der Waals surface area contributed by atoms with Crippen LogP contribution in [0.25, 0.3) is 32.5 Å². The Balaban J connectivity index is 1.21. The summed E-state index contributed by atoms with van der Waals surface area (Å²) in [7, 11) is -3.75. The fraction of sp³-hybridized carbons (Fsp3) is 0.133. The van der Waals surface area contributed by atoms with Gasteiger partial charge in [0.25, 0.3) is 5.91 Å². The number of hydrogen-bond donors (Lipinski definition) is 1. The Morgan fingerprint density at radius 3 is 2.26 bits per heavy atom. The number of rotatable bonds is 7. The van der Waals surface area contributed by atoms with E-state index in [4.69, 9.17) is 4.98 Å². The third-order valence-corrected chi connectivity index (χ3v) is 9.77. The fourth-order valence-corrected chi connectivity index (χ4v) is 7.49. The summed E-state index contributed by atoms with van der Waals surface area (Å²) >= 11 is 1.44. The topological polar surface area (TPSA) is 79.4 Å². The van der Waals surface area contributed by atoms with Gasteiger partial charge in [0.05, 0.1) is 15.5 Å². The van der Waals surface area contributed by atoms with Crippen LogP contribution in [0.3, 0.4) is 0 Å². The summed E-state index contributed by atoms with van der Waals surface area (Å²) < 4.78 is 28.3. The van der Waals surface area contributed by atoms with Crippen LogP contribution < -0.4 is 5.32 Å². The molecule has 0 atom stereocenters. The molecule has 0 unspecified atom stereocenters. The smallest absolute Gasteiger partial charge is 0.257 e. The Labute approximate surface area is 225 Å². The van der Waals surface area contributed by atoms with Gasteiger partial charge < -0.3 is 0 Å². The molecule has 0 saturated heterocycles. The summed E-state index contributed by atoms with van der Waals surface area (Å²) in [6.07, 6.45) is 0. The van der Waals surface area contributed by atoms with E-state index in [2.05, 4.69) is 29.6 Å². The molecule has 1 N–H and O–H groups in total. The highest BCUT2D eigenvalue weighted by Gasteiger charge is 2.28. The number of nitrogens with one attached hydrogen (secondary N) is 1. The number of fused-ring (bicyclic) bond motifs is 3. The first kappa shape index (κ1) is 24.5. The van der Waals surface area contributed by atoms with Crippen LogP contribution in [0.15, 0.2) is 95.9 Å². The van der Waals surface area contributed by atoms with Crippen LogP contribution in [0.2, 0.25) is 0 Å². The summed E-state index contributed by atoms with van der Waals surface area (Å²) in [6.45, 7) is 3.98. The lowest BCUT2D eigenvalue weighted by Crippen LogP contribution is -2.36. The van der Waals surface area contributed by atoms with E-state index < -0.39 is 10.0 Å². The predicted octanol–water partition coefficient (Wildman–Crippen LogP) is 6.80. The van der Waals surface area contributed by atoms with Crippen LogP contribution in [0.5, 0.6) is 0 Å². The molecule has 1 aromatic heterocycles. The van der Waals surface area contributed by atoms with Crippen LogP contribution in [-0.2, 0) is 16.6 Å². The van der Waals surface area contributed by atoms with Crippen molar-refractivity contribution < 1.29 is 13.2 Å². The Kier molecular flexibility index (Phi) is 6.10. The highest BCUT2D eigenvalue weighted by atomic mass is 32.2. The fourth-order valence-electron chi connectivity index (χ4n) is 4.86. The molecule has 38 heavy (non-hydrogen) atoms. The van der Waals surface area contributed by atoms with Gasteiger partial charge in [-0.05, 0) is 54.4 Å². The van der Waals surface area contributed by atoms with Crippen molar-refractivity contribution in [3.8, 4) is 21.7 Å². The number of aromatic nitrogens is 1. The van der Waals surface area contributed by atoms with Gasteiger partial charge in [-0.1, -0.05) is 78.1 Å². The minimum absolute atomic E-state index is 0.150. The second-order valence-electron chi connectivity index (χ2n) is 9.51. The molecule has 5 aromatic rings. The van der Waals surface area contributed by atoms with Crippen molar-refractivity contribution in [1.29, 1.82) is 0 Å². The standard InChI is InChI=1S/C30H25N3O3S2/c1-19(2)33(18-20-8-4-3-5-9-20)38(35,36)23-16-14-22(15-17-23)29(34)32-30-31-27-24-12-6-10-21-11-7-13-25(26(21)24)28(27)37-30/h3-17,19H,18H2,1-2H3,(H,31,32,34). The number of thiazole rings is 1. The third-order valence-electron chi connectivity index (χ3n) is 6.73. The van der Waals surface area contributed by atoms with Crippen LogP contribution in [-0.4, -0.2) is 29.7 Å². The van der Waals surface area contributed by atoms with E-state index in [1.54, 1.807) is 12.1 Å². The van der Waals surface area contributed by atoms with Crippen LogP contribution in [0, 0.1) is 0 Å². The van der Waals surface area contributed by atoms with Crippen LogP contribution in [0.1, 0.15) is 29.8 Å². The van der Waals surface area contributed by atoms with E-state index in [0.717, 1.165) is 27.3 Å². The number of carbonyl (C=O) groups excluding carboxylic acids is 1. The zero-order chi connectivity index (χ0) is 26.4. The van der Waals surface area contributed by atoms with E-state index >= 15 is 0 Å². The molecule has 0 radical (unpaired) electrons. The Morgan fingerprint density at radius 1 is 0.895 bits per heavy atom. The first-order chi connectivity index (χ1) is 18.3. The lowest BCUT2D eigenvalue weighted by Gasteiger charge is -2.26. The van der Waals surface area contributed by atoms with E-state index in [-0.39, 0.29) is 23.4 Å². The van der Waals surface area contributed by atoms with Crippen molar-refractivity contribution in [2.24, 2.45) is 0 Å². The van der Waals surface area contributed by atoms with E-state index in [9.17, 15) is 13.2 Å². The molecule has 6 rings (SSSR count). The number of hydrogen-bond acceptors (Lipinski definition) is 5. The molecule has 1 aliphatic carbocycles. The first-order valence-electron chi connectivity index (χ1n) is 12.3. The maximum atomic E-state index is 13.4. The minimum Gasteiger partial charge on any atom is -0.298 e. The molecule has 0 aliphatic heterocycles. The van der Waals surface area contributed by atoms with Gasteiger partial charge in [-0.3, -0.25) is 10.1 Å². The molecule has 1 amide bonds. The molecule has 6 nitrogen and oxygen atoms in total. The van der Waals surface area contributed by atoms with Gasteiger partial charge in [-0.25, -0.2) is 13.4 Å². The van der Waals surface area contributed by atoms with Gasteiger partial charge >= 0.3 is 0 Å². The van der Waals surface area contributed by atoms with Crippen LogP contribution in [0.4, 0.5) is 5.13 Å². The summed E-state index contributed by atoms with van der Waals surface area (Å²) in [6, 6.07) is 27.7. The van der Waals surface area contributed by atoms with Crippen molar-refractivity contribution in [2.45, 2.75) is 31.3 Å². The maximum Gasteiger partial charge on any atom is 0.257 e. The van der Waals surface area contributed by atoms with Gasteiger partial charge in [0, 0.05) is 29.3 Å². The second-order valence-corrected chi connectivity index (χ2v) is 12.4. The van der Waals surface area contributed by atoms with E-state index in [0.29, 0.717) is 10.7 Å². The third kappa shape index (κ3) is 4.20. The van der Waals surface area contributed by atoms with Crippen molar-refractivity contribution in [3.05, 3.63) is 102 Å². The predicted molar refractivity (Wildman–Crippen MR) is 153 cm³/mol. The summed E-state index contributed by atoms with van der Waals surface area (Å²) in [5, 5.41) is 5.77. The van der Waals surface area contributed by atoms with E-state index in [1.807, 2.05) is 56.3 Å². The van der Waals surface area contributed by atoms with Gasteiger partial charge in [-0.2, -0.15) is 4.31 Å². The highest BCUT2D eigenvalue weighted by molar-refractivity contribution is 7.89. The number of benzene rings is 4. The second kappa shape index (κ2) is 9.47. The summed E-state index contributed by atoms with van der Waals surface area (Å²) in [5.74, 6) is -0.335. The molecule has 190 valence electrons. The number of sulfonamides is 1. The minimum atomic E-state index is -3.75. The van der Waals surface area contributed by atoms with Gasteiger partial charge in [0.2, 0.25) is 10.0 Å². The summed E-state index contributed by atoms with van der Waals surface area (Å²) in [5.41, 5.74) is 4.36. The molecule has 0 spiro atoms. The molecule has 0 fully saturated rings. The lowest BCUT2D eigenvalue weighted by molar-refractivity contribution is 0.102. The quantitative estimate of drug-likeness (QED) is 0.242. The average Bonchev–Trinajstić information content (AvgIpc) is 3.46. The lowest BCUT2D eigenvalue weighted by atomic mass is 10.0. The normalized spacial score (nSPS) is 12.3. The molecule has 0 saturated carbocycles. The largest absolute Gasteiger partial charge is 0.298 e. The Bertz CT molecular complexity index is 1720. The number of anilines is 1. The molecule has 0 bridgehead atoms. The summed E-state index contributed by atoms with van der Waals surface area (Å²) in [4.78, 5) is 18.9. The number of carbonyl (C=O) groups is 1. The van der Waals surface area contributed by atoms with Crippen molar-refractivity contribution >= 4 is 43.2 Å². The highest BCUT2D eigenvalue weighted by Crippen LogP contribution is 2.50. The van der Waals surface area contributed by atoms with Crippen molar-refractivity contribution in [2.75, 3.05) is 5.32 Å². The SMILES string of the molecule is CC(C)N(Cc1ccccc1)S(=O)(=O)c1ccc(C(=O)Nc2nc3c(s2)-c2cccc4cccc-3c24)cc1. The number of nitrogens with zero attached hydrogens (tertiary/aromatic N) is 2. The first-order valence-corrected chi connectivity index (χ1v) is 14.6. The monoisotopic (exact) mass is 539 g/mol. The molecule has 1 aliphatic rings.